The van der Waals surface area contributed by atoms with Crippen LogP contribution in [0.4, 0.5) is 5.69 Å². The average molecular weight is 294 g/mol. The van der Waals surface area contributed by atoms with E-state index in [1.54, 1.807) is 0 Å². The summed E-state index contributed by atoms with van der Waals surface area (Å²) in [7, 11) is 1.46. The molecule has 9 heteroatoms. The second-order valence-corrected chi connectivity index (χ2v) is 4.87. The number of aromatic nitrogens is 2. The van der Waals surface area contributed by atoms with Gasteiger partial charge in [0.15, 0.2) is 16.5 Å². The smallest absolute Gasteiger partial charge is 0.306 e. The molecular formula is C11H10N4O4S. The molecule has 1 N–H and O–H groups in total. The summed E-state index contributed by atoms with van der Waals surface area (Å²) < 4.78 is 1.22. The van der Waals surface area contributed by atoms with Crippen LogP contribution < -0.4 is 5.32 Å². The molecule has 2 aromatic rings. The highest BCUT2D eigenvalue weighted by Gasteiger charge is 2.23. The third kappa shape index (κ3) is 2.43. The van der Waals surface area contributed by atoms with E-state index in [0.29, 0.717) is 0 Å². The van der Waals surface area contributed by atoms with Crippen LogP contribution in [0.1, 0.15) is 27.1 Å². The van der Waals surface area contributed by atoms with E-state index in [-0.39, 0.29) is 27.0 Å². The summed E-state index contributed by atoms with van der Waals surface area (Å²) in [5.41, 5.74) is -0.0775. The summed E-state index contributed by atoms with van der Waals surface area (Å²) in [6, 6.07) is 2.65. The summed E-state index contributed by atoms with van der Waals surface area (Å²) >= 11 is 0.959. The molecule has 0 atom stereocenters. The zero-order valence-corrected chi connectivity index (χ0v) is 11.4. The lowest BCUT2D eigenvalue weighted by Crippen LogP contribution is -2.18. The number of thiophene rings is 1. The van der Waals surface area contributed by atoms with Gasteiger partial charge < -0.3 is 5.32 Å². The number of nitrogens with zero attached hydrogens (tertiary/aromatic N) is 3. The molecule has 8 nitrogen and oxygen atoms in total. The van der Waals surface area contributed by atoms with Crippen molar-refractivity contribution in [1.82, 2.24) is 15.1 Å². The van der Waals surface area contributed by atoms with Crippen LogP contribution in [0, 0.1) is 10.1 Å². The minimum Gasteiger partial charge on any atom is -0.354 e. The van der Waals surface area contributed by atoms with Gasteiger partial charge in [-0.25, -0.2) is 4.68 Å². The maximum absolute atomic E-state index is 11.4. The largest absolute Gasteiger partial charge is 0.354 e. The third-order valence-corrected chi connectivity index (χ3v) is 3.71. The molecule has 104 valence electrons. The molecule has 0 saturated carbocycles. The van der Waals surface area contributed by atoms with Gasteiger partial charge in [-0.2, -0.15) is 5.10 Å². The Balaban J connectivity index is 2.51. The molecule has 2 aromatic heterocycles. The van der Waals surface area contributed by atoms with E-state index in [0.717, 1.165) is 11.3 Å². The molecule has 0 aliphatic carbocycles. The zero-order chi connectivity index (χ0) is 14.9. The van der Waals surface area contributed by atoms with Crippen molar-refractivity contribution in [3.63, 3.8) is 0 Å². The number of amides is 1. The average Bonchev–Trinajstić information content (AvgIpc) is 3.03. The van der Waals surface area contributed by atoms with Crippen LogP contribution >= 0.6 is 11.3 Å². The van der Waals surface area contributed by atoms with Gasteiger partial charge in [0, 0.05) is 19.3 Å². The van der Waals surface area contributed by atoms with Gasteiger partial charge in [0.05, 0.1) is 9.80 Å². The quantitative estimate of drug-likeness (QED) is 0.521. The van der Waals surface area contributed by atoms with Crippen molar-refractivity contribution in [2.75, 3.05) is 7.05 Å². The van der Waals surface area contributed by atoms with Gasteiger partial charge in [0.25, 0.3) is 5.91 Å². The van der Waals surface area contributed by atoms with Crippen LogP contribution in [0.25, 0.3) is 5.00 Å². The van der Waals surface area contributed by atoms with E-state index in [1.165, 1.54) is 37.0 Å². The van der Waals surface area contributed by atoms with E-state index in [1.807, 2.05) is 0 Å². The molecule has 2 heterocycles. The third-order valence-electron chi connectivity index (χ3n) is 2.49. The number of carbonyl (C=O) groups excluding carboxylic acids is 2. The lowest BCUT2D eigenvalue weighted by Gasteiger charge is -1.96. The fourth-order valence-electron chi connectivity index (χ4n) is 1.53. The minimum absolute atomic E-state index is 0.138. The van der Waals surface area contributed by atoms with Crippen molar-refractivity contribution < 1.29 is 14.5 Å². The number of carbonyl (C=O) groups is 2. The summed E-state index contributed by atoms with van der Waals surface area (Å²) in [6.07, 6.45) is 1.44. The Morgan fingerprint density at radius 2 is 2.20 bits per heavy atom. The summed E-state index contributed by atoms with van der Waals surface area (Å²) in [5.74, 6) is -0.655. The second-order valence-electron chi connectivity index (χ2n) is 3.84. The molecule has 0 fully saturated rings. The van der Waals surface area contributed by atoms with Crippen molar-refractivity contribution in [3.05, 3.63) is 39.0 Å². The van der Waals surface area contributed by atoms with Crippen LogP contribution in [0.2, 0.25) is 0 Å². The number of Topliss-reactive ketones (excluding diaryl/α,β-unsaturated/α-hetero) is 1. The van der Waals surface area contributed by atoms with Gasteiger partial charge in [-0.15, -0.1) is 11.3 Å². The fourth-order valence-corrected chi connectivity index (χ4v) is 2.48. The van der Waals surface area contributed by atoms with Crippen LogP contribution in [0.3, 0.4) is 0 Å². The van der Waals surface area contributed by atoms with E-state index < -0.39 is 10.8 Å². The predicted octanol–water partition coefficient (Wildman–Crippen LogP) is 1.40. The van der Waals surface area contributed by atoms with Gasteiger partial charge in [0.1, 0.15) is 0 Å². The number of hydrogen-bond donors (Lipinski definition) is 1. The van der Waals surface area contributed by atoms with E-state index in [9.17, 15) is 19.7 Å². The number of hydrogen-bond acceptors (Lipinski definition) is 6. The summed E-state index contributed by atoms with van der Waals surface area (Å²) in [5, 5.41) is 17.6. The highest BCUT2D eigenvalue weighted by atomic mass is 32.1. The van der Waals surface area contributed by atoms with Gasteiger partial charge in [-0.1, -0.05) is 0 Å². The highest BCUT2D eigenvalue weighted by Crippen LogP contribution is 2.32. The molecule has 0 radical (unpaired) electrons. The summed E-state index contributed by atoms with van der Waals surface area (Å²) in [4.78, 5) is 33.4. The van der Waals surface area contributed by atoms with Crippen LogP contribution in [0.5, 0.6) is 0 Å². The monoisotopic (exact) mass is 294 g/mol. The molecule has 1 amide bonds. The van der Waals surface area contributed by atoms with Crippen LogP contribution in [-0.4, -0.2) is 33.4 Å². The van der Waals surface area contributed by atoms with Gasteiger partial charge in [0.2, 0.25) is 0 Å². The topological polar surface area (TPSA) is 107 Å². The molecule has 0 aromatic carbocycles. The predicted molar refractivity (Wildman–Crippen MR) is 71.5 cm³/mol. The second kappa shape index (κ2) is 5.21. The van der Waals surface area contributed by atoms with Gasteiger partial charge in [-0.3, -0.25) is 19.7 Å². The van der Waals surface area contributed by atoms with Gasteiger partial charge >= 0.3 is 5.69 Å². The first kappa shape index (κ1) is 13.9. The van der Waals surface area contributed by atoms with E-state index >= 15 is 0 Å². The normalized spacial score (nSPS) is 10.3. The van der Waals surface area contributed by atoms with Crippen molar-refractivity contribution >= 4 is 28.7 Å². The Morgan fingerprint density at radius 3 is 2.75 bits per heavy atom. The fraction of sp³-hybridized carbons (Fsp3) is 0.182. The Bertz CT molecular complexity index is 703. The number of rotatable bonds is 4. The molecule has 0 bridgehead atoms. The van der Waals surface area contributed by atoms with E-state index in [2.05, 4.69) is 10.4 Å². The van der Waals surface area contributed by atoms with Crippen molar-refractivity contribution in [2.24, 2.45) is 0 Å². The molecule has 0 saturated heterocycles. The van der Waals surface area contributed by atoms with Gasteiger partial charge in [-0.05, 0) is 13.0 Å². The SMILES string of the molecule is CNC(=O)c1ccn(-c2sc(C(C)=O)cc2[N+](=O)[O-])n1. The molecule has 0 aliphatic rings. The van der Waals surface area contributed by atoms with Crippen LogP contribution in [-0.2, 0) is 0 Å². The molecule has 0 aliphatic heterocycles. The lowest BCUT2D eigenvalue weighted by molar-refractivity contribution is -0.384. The first-order valence-corrected chi connectivity index (χ1v) is 6.33. The first-order chi connectivity index (χ1) is 9.43. The minimum atomic E-state index is -0.584. The first-order valence-electron chi connectivity index (χ1n) is 5.51. The molecule has 20 heavy (non-hydrogen) atoms. The Kier molecular flexibility index (Phi) is 3.61. The maximum Gasteiger partial charge on any atom is 0.306 e. The summed E-state index contributed by atoms with van der Waals surface area (Å²) in [6.45, 7) is 1.33. The Labute approximate surface area is 117 Å². The maximum atomic E-state index is 11.4. The van der Waals surface area contributed by atoms with Crippen LogP contribution in [0.15, 0.2) is 18.3 Å². The van der Waals surface area contributed by atoms with Crippen molar-refractivity contribution in [3.8, 4) is 5.00 Å². The highest BCUT2D eigenvalue weighted by molar-refractivity contribution is 7.17. The van der Waals surface area contributed by atoms with E-state index in [4.69, 9.17) is 0 Å². The lowest BCUT2D eigenvalue weighted by atomic mass is 10.3. The molecule has 2 rings (SSSR count). The Morgan fingerprint density at radius 1 is 1.50 bits per heavy atom. The molecule has 0 spiro atoms. The van der Waals surface area contributed by atoms with Crippen molar-refractivity contribution in [1.29, 1.82) is 0 Å². The number of ketones is 1. The molecule has 0 unspecified atom stereocenters. The Hall–Kier alpha value is -2.55. The number of nitro groups is 1. The zero-order valence-electron chi connectivity index (χ0n) is 10.6. The van der Waals surface area contributed by atoms with Crippen molar-refractivity contribution in [2.45, 2.75) is 6.92 Å². The standard InChI is InChI=1S/C11H10N4O4S/c1-6(16)9-5-8(15(18)19)11(20-9)14-4-3-7(13-14)10(17)12-2/h3-5H,1-2H3,(H,12,17). The molecular weight excluding hydrogens is 284 g/mol. The number of nitrogens with one attached hydrogen (secondary N) is 1.